The predicted molar refractivity (Wildman–Crippen MR) is 75.5 cm³/mol. The highest BCUT2D eigenvalue weighted by Crippen LogP contribution is 2.18. The first-order valence-corrected chi connectivity index (χ1v) is 7.41. The number of hydrazine groups is 1. The Kier molecular flexibility index (Phi) is 3.91. The molecular weight excluding hydrogens is 280 g/mol. The Hall–Kier alpha value is -2.13. The maximum atomic E-state index is 12.2. The number of hydrogen-bond donors (Lipinski definition) is 3. The minimum Gasteiger partial charge on any atom is -0.308 e. The van der Waals surface area contributed by atoms with E-state index < -0.39 is 10.0 Å². The summed E-state index contributed by atoms with van der Waals surface area (Å²) in [6.07, 6.45) is 2.77. The van der Waals surface area contributed by atoms with Crippen LogP contribution in [0.5, 0.6) is 0 Å². The molecule has 8 nitrogen and oxygen atoms in total. The first-order valence-electron chi connectivity index (χ1n) is 5.93. The molecule has 2 aromatic heterocycles. The van der Waals surface area contributed by atoms with Gasteiger partial charge in [0.25, 0.3) is 10.0 Å². The summed E-state index contributed by atoms with van der Waals surface area (Å²) in [6.45, 7) is 3.82. The molecule has 0 atom stereocenters. The quantitative estimate of drug-likeness (QED) is 0.559. The highest BCUT2D eigenvalue weighted by molar-refractivity contribution is 7.92. The lowest BCUT2D eigenvalue weighted by Crippen LogP contribution is -2.18. The second kappa shape index (κ2) is 5.47. The van der Waals surface area contributed by atoms with Crippen LogP contribution in [0, 0.1) is 0 Å². The van der Waals surface area contributed by atoms with Crippen molar-refractivity contribution in [1.82, 2.24) is 14.8 Å². The predicted octanol–water partition coefficient (Wildman–Crippen LogP) is 0.945. The van der Waals surface area contributed by atoms with E-state index in [0.717, 1.165) is 0 Å². The fourth-order valence-corrected chi connectivity index (χ4v) is 2.62. The van der Waals surface area contributed by atoms with Gasteiger partial charge in [0.1, 0.15) is 16.5 Å². The summed E-state index contributed by atoms with van der Waals surface area (Å²) in [5.74, 6) is 5.97. The Balaban J connectivity index is 2.28. The molecule has 2 aromatic rings. The van der Waals surface area contributed by atoms with Crippen LogP contribution in [-0.2, 0) is 10.0 Å². The van der Waals surface area contributed by atoms with Crippen molar-refractivity contribution in [1.29, 1.82) is 0 Å². The Morgan fingerprint density at radius 1 is 1.30 bits per heavy atom. The van der Waals surface area contributed by atoms with Gasteiger partial charge in [-0.3, -0.25) is 4.72 Å². The van der Waals surface area contributed by atoms with Gasteiger partial charge in [-0.15, -0.1) is 0 Å². The zero-order chi connectivity index (χ0) is 14.8. The van der Waals surface area contributed by atoms with E-state index in [2.05, 4.69) is 20.2 Å². The minimum atomic E-state index is -3.71. The van der Waals surface area contributed by atoms with E-state index in [1.807, 2.05) is 13.8 Å². The smallest absolute Gasteiger partial charge is 0.264 e. The van der Waals surface area contributed by atoms with Crippen molar-refractivity contribution in [3.8, 4) is 0 Å². The summed E-state index contributed by atoms with van der Waals surface area (Å²) >= 11 is 0. The fourth-order valence-electron chi connectivity index (χ4n) is 1.63. The number of anilines is 2. The second-order valence-electron chi connectivity index (χ2n) is 4.38. The van der Waals surface area contributed by atoms with Gasteiger partial charge in [-0.25, -0.2) is 23.9 Å². The molecule has 2 rings (SSSR count). The van der Waals surface area contributed by atoms with Crippen LogP contribution < -0.4 is 16.0 Å². The summed E-state index contributed by atoms with van der Waals surface area (Å²) in [7, 11) is -3.71. The number of nitrogens with one attached hydrogen (secondary N) is 2. The van der Waals surface area contributed by atoms with Crippen LogP contribution in [-0.4, -0.2) is 23.2 Å². The molecule has 0 spiro atoms. The average Bonchev–Trinajstić information content (AvgIpc) is 2.86. The first-order chi connectivity index (χ1) is 9.44. The molecule has 2 heterocycles. The Morgan fingerprint density at radius 2 is 2.05 bits per heavy atom. The molecule has 0 unspecified atom stereocenters. The zero-order valence-electron chi connectivity index (χ0n) is 11.1. The van der Waals surface area contributed by atoms with Crippen LogP contribution in [0.1, 0.15) is 19.9 Å². The monoisotopic (exact) mass is 296 g/mol. The molecule has 0 aromatic carbocycles. The lowest BCUT2D eigenvalue weighted by atomic mass is 10.4. The summed E-state index contributed by atoms with van der Waals surface area (Å²) in [5.41, 5.74) is 2.33. The van der Waals surface area contributed by atoms with Gasteiger partial charge in [0, 0.05) is 18.3 Å². The zero-order valence-corrected chi connectivity index (χ0v) is 11.9. The molecule has 0 aliphatic rings. The molecule has 0 amide bonds. The molecule has 0 saturated carbocycles. The number of nitrogen functional groups attached to an aromatic ring is 1. The number of aromatic nitrogens is 3. The molecule has 0 saturated heterocycles. The highest BCUT2D eigenvalue weighted by atomic mass is 32.2. The Morgan fingerprint density at radius 3 is 2.60 bits per heavy atom. The van der Waals surface area contributed by atoms with Crippen molar-refractivity contribution in [2.75, 3.05) is 10.1 Å². The van der Waals surface area contributed by atoms with Crippen LogP contribution >= 0.6 is 0 Å². The molecule has 0 radical (unpaired) electrons. The Labute approximate surface area is 117 Å². The van der Waals surface area contributed by atoms with Crippen LogP contribution in [0.25, 0.3) is 0 Å². The molecule has 9 heteroatoms. The number of pyridine rings is 1. The molecule has 4 N–H and O–H groups in total. The normalized spacial score (nSPS) is 11.6. The van der Waals surface area contributed by atoms with Gasteiger partial charge in [0.15, 0.2) is 0 Å². The van der Waals surface area contributed by atoms with E-state index in [4.69, 9.17) is 5.84 Å². The summed E-state index contributed by atoms with van der Waals surface area (Å²) in [4.78, 5) is 3.92. The van der Waals surface area contributed by atoms with E-state index >= 15 is 0 Å². The number of hydrogen-bond acceptors (Lipinski definition) is 6. The van der Waals surface area contributed by atoms with E-state index in [9.17, 15) is 8.42 Å². The molecule has 0 fully saturated rings. The lowest BCUT2D eigenvalue weighted by molar-refractivity contribution is 0.539. The van der Waals surface area contributed by atoms with E-state index in [-0.39, 0.29) is 10.9 Å². The van der Waals surface area contributed by atoms with Crippen molar-refractivity contribution in [2.45, 2.75) is 24.8 Å². The molecule has 20 heavy (non-hydrogen) atoms. The van der Waals surface area contributed by atoms with Crippen LogP contribution in [0.2, 0.25) is 0 Å². The largest absolute Gasteiger partial charge is 0.308 e. The van der Waals surface area contributed by atoms with Crippen molar-refractivity contribution >= 4 is 21.7 Å². The van der Waals surface area contributed by atoms with Crippen molar-refractivity contribution in [3.05, 3.63) is 30.6 Å². The number of sulfonamides is 1. The molecule has 0 aliphatic heterocycles. The van der Waals surface area contributed by atoms with Gasteiger partial charge in [0.05, 0.1) is 6.20 Å². The SMILES string of the molecule is CC(C)n1nccc1NS(=O)(=O)c1ccc(NN)nc1. The van der Waals surface area contributed by atoms with Crippen molar-refractivity contribution in [3.63, 3.8) is 0 Å². The first kappa shape index (κ1) is 14.3. The molecule has 0 bridgehead atoms. The van der Waals surface area contributed by atoms with Gasteiger partial charge < -0.3 is 5.43 Å². The van der Waals surface area contributed by atoms with Crippen LogP contribution in [0.15, 0.2) is 35.5 Å². The second-order valence-corrected chi connectivity index (χ2v) is 6.07. The highest BCUT2D eigenvalue weighted by Gasteiger charge is 2.17. The fraction of sp³-hybridized carbons (Fsp3) is 0.273. The van der Waals surface area contributed by atoms with Gasteiger partial charge in [-0.1, -0.05) is 0 Å². The summed E-state index contributed by atoms with van der Waals surface area (Å²) in [5, 5.41) is 4.07. The van der Waals surface area contributed by atoms with Crippen molar-refractivity contribution in [2.24, 2.45) is 5.84 Å². The topological polar surface area (TPSA) is 115 Å². The third kappa shape index (κ3) is 2.89. The minimum absolute atomic E-state index is 0.0460. The van der Waals surface area contributed by atoms with Gasteiger partial charge in [-0.2, -0.15) is 5.10 Å². The van der Waals surface area contributed by atoms with E-state index in [1.165, 1.54) is 24.5 Å². The lowest BCUT2D eigenvalue weighted by Gasteiger charge is -2.13. The Bertz CT molecular complexity index is 677. The standard InChI is InChI=1S/C11H16N6O2S/c1-8(2)17-11(5-6-14-17)16-20(18,19)9-3-4-10(15-12)13-7-9/h3-8,16H,12H2,1-2H3,(H,13,15). The molecule has 108 valence electrons. The number of nitrogens with zero attached hydrogens (tertiary/aromatic N) is 3. The molecule has 0 aliphatic carbocycles. The third-order valence-corrected chi connectivity index (χ3v) is 3.93. The summed E-state index contributed by atoms with van der Waals surface area (Å²) < 4.78 is 28.5. The molecular formula is C11H16N6O2S. The maximum absolute atomic E-state index is 12.2. The van der Waals surface area contributed by atoms with Crippen LogP contribution in [0.3, 0.4) is 0 Å². The summed E-state index contributed by atoms with van der Waals surface area (Å²) in [6, 6.07) is 4.54. The average molecular weight is 296 g/mol. The number of rotatable bonds is 5. The maximum Gasteiger partial charge on any atom is 0.264 e. The van der Waals surface area contributed by atoms with Crippen molar-refractivity contribution < 1.29 is 8.42 Å². The van der Waals surface area contributed by atoms with Crippen LogP contribution in [0.4, 0.5) is 11.6 Å². The van der Waals surface area contributed by atoms with Gasteiger partial charge >= 0.3 is 0 Å². The third-order valence-electron chi connectivity index (χ3n) is 2.59. The van der Waals surface area contributed by atoms with Gasteiger partial charge in [-0.05, 0) is 26.0 Å². The van der Waals surface area contributed by atoms with E-state index in [1.54, 1.807) is 10.7 Å². The van der Waals surface area contributed by atoms with E-state index in [0.29, 0.717) is 11.6 Å². The van der Waals surface area contributed by atoms with Gasteiger partial charge in [0.2, 0.25) is 0 Å². The number of nitrogens with two attached hydrogens (primary N) is 1.